The predicted molar refractivity (Wildman–Crippen MR) is 27.2 cm³/mol. The molecule has 8 heavy (non-hydrogen) atoms. The van der Waals surface area contributed by atoms with Gasteiger partial charge in [-0.3, -0.25) is 9.59 Å². The van der Waals surface area contributed by atoms with Crippen LogP contribution in [0.2, 0.25) is 0 Å². The van der Waals surface area contributed by atoms with Crippen molar-refractivity contribution >= 4 is 11.7 Å². The van der Waals surface area contributed by atoms with E-state index < -0.39 is 0 Å². The number of carbonyl (C=O) groups excluding carboxylic acids is 2. The lowest BCUT2D eigenvalue weighted by Crippen LogP contribution is -2.25. The van der Waals surface area contributed by atoms with E-state index in [2.05, 4.69) is 5.32 Å². The number of carbonyl (C=O) groups is 2. The molecule has 1 aliphatic heterocycles. The second kappa shape index (κ2) is 1.58. The zero-order valence-electron chi connectivity index (χ0n) is 4.60. The van der Waals surface area contributed by atoms with Crippen LogP contribution in [-0.4, -0.2) is 17.7 Å². The molecule has 1 atom stereocenters. The van der Waals surface area contributed by atoms with Crippen molar-refractivity contribution in [2.24, 2.45) is 0 Å². The third kappa shape index (κ3) is 0.710. The monoisotopic (exact) mass is 113 g/mol. The average Bonchev–Trinajstić information content (AvgIpc) is 1.85. The summed E-state index contributed by atoms with van der Waals surface area (Å²) in [5, 5.41) is 2.48. The Bertz CT molecular complexity index is 141. The average molecular weight is 113 g/mol. The van der Waals surface area contributed by atoms with E-state index in [9.17, 15) is 9.59 Å². The molecule has 0 radical (unpaired) electrons. The van der Waals surface area contributed by atoms with Crippen molar-refractivity contribution in [3.8, 4) is 0 Å². The van der Waals surface area contributed by atoms with Gasteiger partial charge in [-0.2, -0.15) is 0 Å². The first-order chi connectivity index (χ1) is 3.70. The summed E-state index contributed by atoms with van der Waals surface area (Å²) >= 11 is 0. The van der Waals surface area contributed by atoms with Gasteiger partial charge in [0.1, 0.15) is 0 Å². The molecular formula is C5H7NO2. The topological polar surface area (TPSA) is 46.2 Å². The van der Waals surface area contributed by atoms with Crippen LogP contribution >= 0.6 is 0 Å². The van der Waals surface area contributed by atoms with Crippen LogP contribution in [0.5, 0.6) is 0 Å². The molecule has 1 saturated heterocycles. The summed E-state index contributed by atoms with van der Waals surface area (Å²) in [6.45, 7) is 1.69. The number of nitrogens with one attached hydrogen (secondary N) is 1. The SMILES string of the molecule is CC1NC(=O)CC1=O. The van der Waals surface area contributed by atoms with Crippen molar-refractivity contribution in [2.45, 2.75) is 19.4 Å². The lowest BCUT2D eigenvalue weighted by molar-refractivity contribution is -0.122. The fourth-order valence-electron chi connectivity index (χ4n) is 0.684. The Labute approximate surface area is 47.1 Å². The van der Waals surface area contributed by atoms with Gasteiger partial charge in [0.05, 0.1) is 12.5 Å². The molecule has 0 saturated carbocycles. The first-order valence-corrected chi connectivity index (χ1v) is 2.52. The number of ketones is 1. The zero-order chi connectivity index (χ0) is 6.15. The highest BCUT2D eigenvalue weighted by Gasteiger charge is 2.25. The summed E-state index contributed by atoms with van der Waals surface area (Å²) < 4.78 is 0. The van der Waals surface area contributed by atoms with Crippen LogP contribution < -0.4 is 5.32 Å². The zero-order valence-corrected chi connectivity index (χ0v) is 4.60. The molecular weight excluding hydrogens is 106 g/mol. The van der Waals surface area contributed by atoms with Crippen LogP contribution in [0.4, 0.5) is 0 Å². The molecule has 1 aliphatic rings. The molecule has 0 aromatic rings. The Morgan fingerprint density at radius 1 is 1.62 bits per heavy atom. The van der Waals surface area contributed by atoms with Gasteiger partial charge in [-0.1, -0.05) is 0 Å². The number of hydrogen-bond acceptors (Lipinski definition) is 2. The Balaban J connectivity index is 2.64. The van der Waals surface area contributed by atoms with Crippen molar-refractivity contribution in [1.82, 2.24) is 5.32 Å². The van der Waals surface area contributed by atoms with Gasteiger partial charge in [0, 0.05) is 0 Å². The molecule has 1 heterocycles. The summed E-state index contributed by atoms with van der Waals surface area (Å²) in [6.07, 6.45) is 0.0706. The van der Waals surface area contributed by atoms with Crippen LogP contribution in [0.3, 0.4) is 0 Å². The van der Waals surface area contributed by atoms with Gasteiger partial charge in [0.25, 0.3) is 0 Å². The van der Waals surface area contributed by atoms with Gasteiger partial charge < -0.3 is 5.32 Å². The Morgan fingerprint density at radius 2 is 2.25 bits per heavy atom. The normalized spacial score (nSPS) is 28.4. The Morgan fingerprint density at radius 3 is 2.38 bits per heavy atom. The summed E-state index contributed by atoms with van der Waals surface area (Å²) in [7, 11) is 0. The van der Waals surface area contributed by atoms with Gasteiger partial charge in [0.15, 0.2) is 5.78 Å². The molecule has 1 rings (SSSR count). The van der Waals surface area contributed by atoms with Gasteiger partial charge in [-0.25, -0.2) is 0 Å². The van der Waals surface area contributed by atoms with E-state index in [1.807, 2.05) is 0 Å². The molecule has 0 aliphatic carbocycles. The quantitative estimate of drug-likeness (QED) is 0.429. The lowest BCUT2D eigenvalue weighted by atomic mass is 10.2. The highest BCUT2D eigenvalue weighted by Crippen LogP contribution is 1.99. The highest BCUT2D eigenvalue weighted by molar-refractivity contribution is 6.07. The van der Waals surface area contributed by atoms with Crippen LogP contribution in [0.15, 0.2) is 0 Å². The minimum absolute atomic E-state index is 0.00463. The maximum absolute atomic E-state index is 10.5. The molecule has 0 bridgehead atoms. The van der Waals surface area contributed by atoms with E-state index in [1.165, 1.54) is 0 Å². The molecule has 44 valence electrons. The maximum Gasteiger partial charge on any atom is 0.228 e. The smallest absolute Gasteiger partial charge is 0.228 e. The van der Waals surface area contributed by atoms with E-state index in [4.69, 9.17) is 0 Å². The molecule has 1 fully saturated rings. The fraction of sp³-hybridized carbons (Fsp3) is 0.600. The largest absolute Gasteiger partial charge is 0.346 e. The van der Waals surface area contributed by atoms with Gasteiger partial charge in [0.2, 0.25) is 5.91 Å². The summed E-state index contributed by atoms with van der Waals surface area (Å²) in [4.78, 5) is 20.8. The molecule has 0 aromatic carbocycles. The van der Waals surface area contributed by atoms with E-state index in [0.29, 0.717) is 0 Å². The lowest BCUT2D eigenvalue weighted by Gasteiger charge is -1.94. The predicted octanol–water partition coefficient (Wildman–Crippen LogP) is -0.536. The fourth-order valence-corrected chi connectivity index (χ4v) is 0.684. The first-order valence-electron chi connectivity index (χ1n) is 2.52. The molecule has 1 unspecified atom stereocenters. The third-order valence-corrected chi connectivity index (χ3v) is 1.20. The van der Waals surface area contributed by atoms with Crippen molar-refractivity contribution in [1.29, 1.82) is 0 Å². The third-order valence-electron chi connectivity index (χ3n) is 1.20. The van der Waals surface area contributed by atoms with Crippen LogP contribution in [0, 0.1) is 0 Å². The number of amides is 1. The summed E-state index contributed by atoms with van der Waals surface area (Å²) in [5.41, 5.74) is 0. The van der Waals surface area contributed by atoms with Crippen LogP contribution in [0.1, 0.15) is 13.3 Å². The Hall–Kier alpha value is -0.860. The number of Topliss-reactive ketones (excluding diaryl/α,β-unsaturated/α-hetero) is 1. The van der Waals surface area contributed by atoms with Gasteiger partial charge >= 0.3 is 0 Å². The molecule has 1 amide bonds. The second-order valence-corrected chi connectivity index (χ2v) is 1.93. The van der Waals surface area contributed by atoms with E-state index in [1.54, 1.807) is 6.92 Å². The molecule has 0 spiro atoms. The van der Waals surface area contributed by atoms with E-state index >= 15 is 0 Å². The molecule has 3 heteroatoms. The maximum atomic E-state index is 10.5. The molecule has 0 aromatic heterocycles. The minimum Gasteiger partial charge on any atom is -0.346 e. The highest BCUT2D eigenvalue weighted by atomic mass is 16.2. The number of rotatable bonds is 0. The van der Waals surface area contributed by atoms with Crippen molar-refractivity contribution in [2.75, 3.05) is 0 Å². The second-order valence-electron chi connectivity index (χ2n) is 1.93. The standard InChI is InChI=1S/C5H7NO2/c1-3-4(7)2-5(8)6-3/h3H,2H2,1H3,(H,6,8). The van der Waals surface area contributed by atoms with Crippen molar-refractivity contribution in [3.63, 3.8) is 0 Å². The number of hydrogen-bond donors (Lipinski definition) is 1. The van der Waals surface area contributed by atoms with Crippen LogP contribution in [0.25, 0.3) is 0 Å². The van der Waals surface area contributed by atoms with E-state index in [-0.39, 0.29) is 24.2 Å². The first kappa shape index (κ1) is 5.28. The Kier molecular flexibility index (Phi) is 1.04. The van der Waals surface area contributed by atoms with Crippen molar-refractivity contribution in [3.05, 3.63) is 0 Å². The summed E-state index contributed by atoms with van der Waals surface area (Å²) in [5.74, 6) is -0.155. The van der Waals surface area contributed by atoms with E-state index in [0.717, 1.165) is 0 Å². The van der Waals surface area contributed by atoms with Crippen LogP contribution in [-0.2, 0) is 9.59 Å². The molecule has 3 nitrogen and oxygen atoms in total. The van der Waals surface area contributed by atoms with Gasteiger partial charge in [-0.15, -0.1) is 0 Å². The van der Waals surface area contributed by atoms with Gasteiger partial charge in [-0.05, 0) is 6.92 Å². The minimum atomic E-state index is -0.248. The van der Waals surface area contributed by atoms with Crippen molar-refractivity contribution < 1.29 is 9.59 Å². The molecule has 1 N–H and O–H groups in total. The summed E-state index contributed by atoms with van der Waals surface area (Å²) in [6, 6.07) is -0.248.